The van der Waals surface area contributed by atoms with Crippen LogP contribution in [-0.2, 0) is 10.8 Å². The smallest absolute Gasteiger partial charge is 0.423 e. The zero-order chi connectivity index (χ0) is 20.5. The van der Waals surface area contributed by atoms with Gasteiger partial charge in [0.2, 0.25) is 0 Å². The van der Waals surface area contributed by atoms with Gasteiger partial charge < -0.3 is 9.68 Å². The SMILES string of the molecule is OB1OC2(CCCCC2)C(C#Cc2ccccc2)=C1c1ccc(C(F)(F)F)cc1. The predicted octanol–water partition coefficient (Wildman–Crippen LogP) is 5.26. The van der Waals surface area contributed by atoms with Crippen LogP contribution in [0.25, 0.3) is 5.47 Å². The van der Waals surface area contributed by atoms with E-state index >= 15 is 0 Å². The molecule has 2 aromatic rings. The Morgan fingerprint density at radius 3 is 2.17 bits per heavy atom. The normalized spacial score (nSPS) is 18.7. The average Bonchev–Trinajstić information content (AvgIpc) is 2.97. The molecule has 1 N–H and O–H groups in total. The van der Waals surface area contributed by atoms with E-state index in [1.54, 1.807) is 0 Å². The number of benzene rings is 2. The van der Waals surface area contributed by atoms with Crippen LogP contribution in [0.4, 0.5) is 13.2 Å². The zero-order valence-corrected chi connectivity index (χ0v) is 15.8. The lowest BCUT2D eigenvalue weighted by molar-refractivity contribution is -0.137. The van der Waals surface area contributed by atoms with Gasteiger partial charge in [-0.15, -0.1) is 0 Å². The maximum atomic E-state index is 12.9. The van der Waals surface area contributed by atoms with Crippen molar-refractivity contribution in [3.8, 4) is 11.8 Å². The molecule has 2 aromatic carbocycles. The summed E-state index contributed by atoms with van der Waals surface area (Å²) >= 11 is 0. The summed E-state index contributed by atoms with van der Waals surface area (Å²) in [7, 11) is -1.20. The Hall–Kier alpha value is -2.49. The van der Waals surface area contributed by atoms with Crippen molar-refractivity contribution in [2.45, 2.75) is 43.9 Å². The molecule has 1 heterocycles. The minimum absolute atomic E-state index is 0.476. The molecule has 1 aliphatic heterocycles. The van der Waals surface area contributed by atoms with Crippen LogP contribution in [0.1, 0.15) is 48.8 Å². The van der Waals surface area contributed by atoms with Crippen LogP contribution in [0, 0.1) is 11.8 Å². The molecular formula is C23H20BF3O2. The maximum absolute atomic E-state index is 12.9. The van der Waals surface area contributed by atoms with Crippen molar-refractivity contribution >= 4 is 12.6 Å². The van der Waals surface area contributed by atoms with Gasteiger partial charge in [0.1, 0.15) is 0 Å². The molecule has 1 fully saturated rings. The number of alkyl halides is 3. The summed E-state index contributed by atoms with van der Waals surface area (Å²) in [5.74, 6) is 6.34. The first kappa shape index (κ1) is 19.8. The first-order valence-electron chi connectivity index (χ1n) is 9.74. The van der Waals surface area contributed by atoms with Crippen LogP contribution in [0.2, 0.25) is 0 Å². The molecule has 2 aliphatic rings. The van der Waals surface area contributed by atoms with Crippen LogP contribution >= 0.6 is 0 Å². The molecule has 0 radical (unpaired) electrons. The number of hydrogen-bond acceptors (Lipinski definition) is 2. The Bertz CT molecular complexity index is 963. The van der Waals surface area contributed by atoms with E-state index in [9.17, 15) is 18.2 Å². The van der Waals surface area contributed by atoms with Crippen molar-refractivity contribution in [3.05, 3.63) is 76.9 Å². The lowest BCUT2D eigenvalue weighted by atomic mass is 9.71. The van der Waals surface area contributed by atoms with Crippen LogP contribution < -0.4 is 0 Å². The van der Waals surface area contributed by atoms with E-state index in [0.29, 0.717) is 16.6 Å². The lowest BCUT2D eigenvalue weighted by Crippen LogP contribution is -2.36. The van der Waals surface area contributed by atoms with Crippen LogP contribution in [0.15, 0.2) is 60.2 Å². The molecule has 0 saturated heterocycles. The third kappa shape index (κ3) is 3.98. The highest BCUT2D eigenvalue weighted by atomic mass is 19.4. The van der Waals surface area contributed by atoms with E-state index in [4.69, 9.17) is 4.65 Å². The van der Waals surface area contributed by atoms with Crippen LogP contribution in [-0.4, -0.2) is 17.7 Å². The maximum Gasteiger partial charge on any atom is 0.493 e. The third-order valence-corrected chi connectivity index (χ3v) is 5.60. The first-order valence-corrected chi connectivity index (χ1v) is 9.74. The Balaban J connectivity index is 1.81. The Labute approximate surface area is 168 Å². The Kier molecular flexibility index (Phi) is 5.29. The van der Waals surface area contributed by atoms with Gasteiger partial charge in [0.25, 0.3) is 0 Å². The fourth-order valence-electron chi connectivity index (χ4n) is 4.15. The van der Waals surface area contributed by atoms with Gasteiger partial charge in [0.05, 0.1) is 11.2 Å². The molecule has 0 unspecified atom stereocenters. The standard InChI is InChI=1S/C23H20BF3O2/c25-23(26,27)19-12-10-18(11-13-19)21-20(14-9-17-7-3-1-4-8-17)22(29-24(21)28)15-5-2-6-16-22/h1,3-4,7-8,10-13,28H,2,5-6,15-16H2. The molecule has 148 valence electrons. The molecule has 1 spiro atoms. The van der Waals surface area contributed by atoms with Crippen molar-refractivity contribution in [2.75, 3.05) is 0 Å². The van der Waals surface area contributed by atoms with Gasteiger partial charge in [-0.25, -0.2) is 0 Å². The van der Waals surface area contributed by atoms with Crippen molar-refractivity contribution < 1.29 is 22.8 Å². The summed E-state index contributed by atoms with van der Waals surface area (Å²) in [5.41, 5.74) is 1.11. The van der Waals surface area contributed by atoms with Crippen molar-refractivity contribution in [1.29, 1.82) is 0 Å². The van der Waals surface area contributed by atoms with Crippen molar-refractivity contribution in [1.82, 2.24) is 0 Å². The zero-order valence-electron chi connectivity index (χ0n) is 15.8. The van der Waals surface area contributed by atoms with Crippen LogP contribution in [0.5, 0.6) is 0 Å². The fourth-order valence-corrected chi connectivity index (χ4v) is 4.15. The predicted molar refractivity (Wildman–Crippen MR) is 107 cm³/mol. The second-order valence-electron chi connectivity index (χ2n) is 7.50. The molecule has 2 nitrogen and oxygen atoms in total. The Morgan fingerprint density at radius 1 is 0.897 bits per heavy atom. The largest absolute Gasteiger partial charge is 0.493 e. The minimum Gasteiger partial charge on any atom is -0.423 e. The van der Waals surface area contributed by atoms with Gasteiger partial charge in [-0.2, -0.15) is 13.2 Å². The molecule has 0 aromatic heterocycles. The quantitative estimate of drug-likeness (QED) is 0.526. The highest BCUT2D eigenvalue weighted by Gasteiger charge is 2.49. The minimum atomic E-state index is -4.40. The molecule has 6 heteroatoms. The molecule has 0 atom stereocenters. The average molecular weight is 396 g/mol. The topological polar surface area (TPSA) is 29.5 Å². The van der Waals surface area contributed by atoms with E-state index in [-0.39, 0.29) is 0 Å². The van der Waals surface area contributed by atoms with Gasteiger partial charge in [-0.1, -0.05) is 61.4 Å². The van der Waals surface area contributed by atoms with Crippen molar-refractivity contribution in [2.24, 2.45) is 0 Å². The second kappa shape index (κ2) is 7.74. The number of hydrogen-bond donors (Lipinski definition) is 1. The molecule has 0 bridgehead atoms. The van der Waals surface area contributed by atoms with Gasteiger partial charge in [-0.3, -0.25) is 0 Å². The van der Waals surface area contributed by atoms with E-state index in [1.165, 1.54) is 12.1 Å². The highest BCUT2D eigenvalue weighted by Crippen LogP contribution is 2.47. The van der Waals surface area contributed by atoms with E-state index in [1.807, 2.05) is 30.3 Å². The summed E-state index contributed by atoms with van der Waals surface area (Å²) in [6.45, 7) is 0. The van der Waals surface area contributed by atoms with Gasteiger partial charge >= 0.3 is 13.3 Å². The monoisotopic (exact) mass is 396 g/mol. The van der Waals surface area contributed by atoms with Crippen LogP contribution in [0.3, 0.4) is 0 Å². The summed E-state index contributed by atoms with van der Waals surface area (Å²) in [6, 6.07) is 14.3. The summed E-state index contributed by atoms with van der Waals surface area (Å²) < 4.78 is 44.8. The van der Waals surface area contributed by atoms with Gasteiger partial charge in [0.15, 0.2) is 0 Å². The molecule has 29 heavy (non-hydrogen) atoms. The lowest BCUT2D eigenvalue weighted by Gasteiger charge is -2.34. The summed E-state index contributed by atoms with van der Waals surface area (Å²) in [6.07, 6.45) is 0.0987. The summed E-state index contributed by atoms with van der Waals surface area (Å²) in [4.78, 5) is 0. The van der Waals surface area contributed by atoms with Gasteiger partial charge in [0, 0.05) is 16.6 Å². The highest BCUT2D eigenvalue weighted by molar-refractivity contribution is 6.69. The van der Waals surface area contributed by atoms with E-state index < -0.39 is 24.5 Å². The molecule has 0 amide bonds. The van der Waals surface area contributed by atoms with E-state index in [2.05, 4.69) is 11.8 Å². The summed E-state index contributed by atoms with van der Waals surface area (Å²) in [5, 5.41) is 10.7. The molecule has 1 aliphatic carbocycles. The van der Waals surface area contributed by atoms with E-state index in [0.717, 1.165) is 49.8 Å². The van der Waals surface area contributed by atoms with Gasteiger partial charge in [-0.05, 0) is 42.7 Å². The molecular weight excluding hydrogens is 376 g/mol. The number of rotatable bonds is 1. The molecule has 1 saturated carbocycles. The second-order valence-corrected chi connectivity index (χ2v) is 7.50. The third-order valence-electron chi connectivity index (χ3n) is 5.60. The Morgan fingerprint density at radius 2 is 1.55 bits per heavy atom. The first-order chi connectivity index (χ1) is 13.9. The number of halogens is 3. The molecule has 4 rings (SSSR count). The fraction of sp³-hybridized carbons (Fsp3) is 0.304. The van der Waals surface area contributed by atoms with Crippen molar-refractivity contribution in [3.63, 3.8) is 0 Å².